The van der Waals surface area contributed by atoms with Crippen LogP contribution in [0.1, 0.15) is 66.4 Å². The molecule has 2 aliphatic heterocycles. The van der Waals surface area contributed by atoms with Crippen LogP contribution in [0.15, 0.2) is 36.4 Å². The molecule has 2 fully saturated rings. The zero-order chi connectivity index (χ0) is 26.2. The van der Waals surface area contributed by atoms with Crippen LogP contribution < -0.4 is 4.90 Å². The smallest absolute Gasteiger partial charge is 0.338 e. The van der Waals surface area contributed by atoms with E-state index in [1.807, 2.05) is 0 Å². The predicted octanol–water partition coefficient (Wildman–Crippen LogP) is 5.35. The monoisotopic (exact) mass is 536 g/mol. The number of rotatable bonds is 6. The van der Waals surface area contributed by atoms with Crippen molar-refractivity contribution in [2.75, 3.05) is 44.3 Å². The van der Waals surface area contributed by atoms with Gasteiger partial charge >= 0.3 is 5.97 Å². The van der Waals surface area contributed by atoms with Crippen molar-refractivity contribution in [2.45, 2.75) is 51.5 Å². The second-order valence-corrected chi connectivity index (χ2v) is 10.7. The highest BCUT2D eigenvalue weighted by Gasteiger charge is 2.33. The largest absolute Gasteiger partial charge is 0.478 e. The van der Waals surface area contributed by atoms with Crippen LogP contribution in [-0.2, 0) is 16.6 Å². The fraction of sp³-hybridized carbons (Fsp3) is 0.467. The summed E-state index contributed by atoms with van der Waals surface area (Å²) in [5.41, 5.74) is 5.19. The molecule has 8 heteroatoms. The van der Waals surface area contributed by atoms with Gasteiger partial charge in [-0.25, -0.2) is 4.79 Å². The Kier molecular flexibility index (Phi) is 8.37. The first-order valence-corrected chi connectivity index (χ1v) is 13.3. The Morgan fingerprint density at radius 3 is 2.47 bits per heavy atom. The van der Waals surface area contributed by atoms with Gasteiger partial charge in [0.1, 0.15) is 0 Å². The number of hydrogen-bond donors (Lipinski definition) is 2. The van der Waals surface area contributed by atoms with E-state index in [2.05, 4.69) is 59.8 Å². The molecule has 0 unspecified atom stereocenters. The average Bonchev–Trinajstić information content (AvgIpc) is 3.33. The molecule has 3 aromatic rings. The number of fused-ring (bicyclic) bond motifs is 1. The fourth-order valence-electron chi connectivity index (χ4n) is 6.06. The lowest BCUT2D eigenvalue weighted by Gasteiger charge is -2.41. The predicted molar refractivity (Wildman–Crippen MR) is 153 cm³/mol. The van der Waals surface area contributed by atoms with Crippen LogP contribution in [0.2, 0.25) is 0 Å². The van der Waals surface area contributed by atoms with E-state index in [9.17, 15) is 15.2 Å². The van der Waals surface area contributed by atoms with Crippen LogP contribution in [0.5, 0.6) is 0 Å². The summed E-state index contributed by atoms with van der Waals surface area (Å²) >= 11 is 0. The van der Waals surface area contributed by atoms with Crippen LogP contribution in [0, 0.1) is 11.3 Å². The van der Waals surface area contributed by atoms with Crippen molar-refractivity contribution in [2.24, 2.45) is 0 Å². The number of nitriles is 1. The second-order valence-electron chi connectivity index (χ2n) is 10.7. The highest BCUT2D eigenvalue weighted by molar-refractivity contribution is 6.05. The number of aromatic amines is 1. The number of aromatic nitrogens is 1. The number of anilines is 1. The third kappa shape index (κ3) is 5.13. The minimum Gasteiger partial charge on any atom is -0.478 e. The third-order valence-corrected chi connectivity index (χ3v) is 8.32. The SMILES string of the molecule is CCc1ccc(C(C)(C)c2[nH]c3cc(C#N)ccc3c2C(=O)O)cc1N1CCC(N2CCOCC2)CC1.Cl. The third-order valence-electron chi connectivity index (χ3n) is 8.32. The fourth-order valence-corrected chi connectivity index (χ4v) is 6.06. The van der Waals surface area contributed by atoms with Crippen molar-refractivity contribution in [3.8, 4) is 6.07 Å². The van der Waals surface area contributed by atoms with Crippen LogP contribution in [0.3, 0.4) is 0 Å². The average molecular weight is 537 g/mol. The van der Waals surface area contributed by atoms with E-state index in [-0.39, 0.29) is 18.0 Å². The van der Waals surface area contributed by atoms with Crippen molar-refractivity contribution in [3.63, 3.8) is 0 Å². The lowest BCUT2D eigenvalue weighted by Crippen LogP contribution is -2.49. The molecule has 1 aromatic heterocycles. The van der Waals surface area contributed by atoms with Crippen LogP contribution in [0.4, 0.5) is 5.69 Å². The molecule has 2 N–H and O–H groups in total. The number of nitrogens with zero attached hydrogens (tertiary/aromatic N) is 3. The zero-order valence-electron chi connectivity index (χ0n) is 22.4. The summed E-state index contributed by atoms with van der Waals surface area (Å²) in [5.74, 6) is -0.963. The Morgan fingerprint density at radius 1 is 1.13 bits per heavy atom. The number of H-pyrrole nitrogens is 1. The minimum absolute atomic E-state index is 0. The number of morpholine rings is 1. The summed E-state index contributed by atoms with van der Waals surface area (Å²) in [7, 11) is 0. The van der Waals surface area contributed by atoms with Crippen molar-refractivity contribution in [1.29, 1.82) is 5.26 Å². The molecule has 0 bridgehead atoms. The van der Waals surface area contributed by atoms with Crippen LogP contribution in [0.25, 0.3) is 10.9 Å². The van der Waals surface area contributed by atoms with E-state index in [4.69, 9.17) is 4.74 Å². The molecule has 2 aliphatic rings. The van der Waals surface area contributed by atoms with Gasteiger partial charge < -0.3 is 19.7 Å². The molecule has 0 atom stereocenters. The van der Waals surface area contributed by atoms with Gasteiger partial charge in [-0.05, 0) is 48.6 Å². The topological polar surface area (TPSA) is 92.6 Å². The molecular formula is C30H37ClN4O3. The Labute approximate surface area is 230 Å². The maximum atomic E-state index is 12.4. The minimum atomic E-state index is -0.963. The number of piperidine rings is 1. The lowest BCUT2D eigenvalue weighted by molar-refractivity contribution is 0.0115. The number of benzene rings is 2. The van der Waals surface area contributed by atoms with E-state index in [1.54, 1.807) is 18.2 Å². The first kappa shape index (κ1) is 28.0. The zero-order valence-corrected chi connectivity index (χ0v) is 23.2. The molecule has 3 heterocycles. The number of ether oxygens (including phenoxy) is 1. The van der Waals surface area contributed by atoms with E-state index < -0.39 is 11.4 Å². The van der Waals surface area contributed by atoms with Crippen molar-refractivity contribution >= 4 is 35.0 Å². The van der Waals surface area contributed by atoms with Gasteiger partial charge in [0.15, 0.2) is 0 Å². The maximum Gasteiger partial charge on any atom is 0.338 e. The molecule has 38 heavy (non-hydrogen) atoms. The number of carbonyl (C=O) groups is 1. The highest BCUT2D eigenvalue weighted by atomic mass is 35.5. The number of halogens is 1. The summed E-state index contributed by atoms with van der Waals surface area (Å²) in [6.45, 7) is 12.1. The van der Waals surface area contributed by atoms with Gasteiger partial charge in [-0.1, -0.05) is 39.0 Å². The van der Waals surface area contributed by atoms with Crippen molar-refractivity contribution in [3.05, 3.63) is 64.3 Å². The lowest BCUT2D eigenvalue weighted by atomic mass is 9.78. The molecule has 0 spiro atoms. The highest BCUT2D eigenvalue weighted by Crippen LogP contribution is 2.39. The number of carboxylic acids is 1. The Morgan fingerprint density at radius 2 is 1.84 bits per heavy atom. The number of carboxylic acid groups (broad SMARTS) is 1. The first-order valence-electron chi connectivity index (χ1n) is 13.3. The standard InChI is InChI=1S/C30H36N4O3.ClH/c1-4-21-6-7-22(18-26(21)34-11-9-23(10-12-34)33-13-15-37-16-14-33)30(2,3)28-27(29(35)36)24-8-5-20(19-31)17-25(24)32-28;/h5-8,17-18,23,32H,4,9-16H2,1-3H3,(H,35,36);1H. The summed E-state index contributed by atoms with van der Waals surface area (Å²) in [6, 6.07) is 14.5. The molecule has 0 amide bonds. The van der Waals surface area contributed by atoms with Crippen molar-refractivity contribution in [1.82, 2.24) is 9.88 Å². The number of aryl methyl sites for hydroxylation is 1. The second kappa shape index (κ2) is 11.4. The van der Waals surface area contributed by atoms with E-state index in [0.717, 1.165) is 64.2 Å². The molecule has 0 radical (unpaired) electrons. The molecular weight excluding hydrogens is 500 g/mol. The van der Waals surface area contributed by atoms with E-state index >= 15 is 0 Å². The van der Waals surface area contributed by atoms with Gasteiger partial charge in [0.2, 0.25) is 0 Å². The molecule has 0 aliphatic carbocycles. The Bertz CT molecular complexity index is 1350. The quantitative estimate of drug-likeness (QED) is 0.441. The van der Waals surface area contributed by atoms with Gasteiger partial charge in [-0.3, -0.25) is 4.90 Å². The molecule has 7 nitrogen and oxygen atoms in total. The van der Waals surface area contributed by atoms with Gasteiger partial charge in [-0.15, -0.1) is 12.4 Å². The maximum absolute atomic E-state index is 12.4. The normalized spacial score (nSPS) is 17.3. The number of nitrogens with one attached hydrogen (secondary N) is 1. The summed E-state index contributed by atoms with van der Waals surface area (Å²) in [4.78, 5) is 20.9. The molecule has 202 valence electrons. The molecule has 2 saturated heterocycles. The number of aromatic carboxylic acids is 1. The van der Waals surface area contributed by atoms with E-state index in [1.165, 1.54) is 11.3 Å². The molecule has 2 aromatic carbocycles. The van der Waals surface area contributed by atoms with Crippen molar-refractivity contribution < 1.29 is 14.6 Å². The Hall–Kier alpha value is -3.05. The van der Waals surface area contributed by atoms with Crippen LogP contribution in [-0.4, -0.2) is 66.4 Å². The van der Waals surface area contributed by atoms with Gasteiger partial charge in [0, 0.05) is 59.9 Å². The first-order chi connectivity index (χ1) is 17.8. The molecule has 5 rings (SSSR count). The van der Waals surface area contributed by atoms with Gasteiger partial charge in [0.25, 0.3) is 0 Å². The summed E-state index contributed by atoms with van der Waals surface area (Å²) in [5, 5.41) is 20.1. The summed E-state index contributed by atoms with van der Waals surface area (Å²) < 4.78 is 5.54. The van der Waals surface area contributed by atoms with Gasteiger partial charge in [0.05, 0.1) is 30.4 Å². The Balaban J connectivity index is 0.00000336. The van der Waals surface area contributed by atoms with E-state index in [0.29, 0.717) is 28.2 Å². The van der Waals surface area contributed by atoms with Crippen LogP contribution >= 0.6 is 12.4 Å². The number of hydrogen-bond acceptors (Lipinski definition) is 5. The van der Waals surface area contributed by atoms with Gasteiger partial charge in [-0.2, -0.15) is 5.26 Å². The molecule has 0 saturated carbocycles. The summed E-state index contributed by atoms with van der Waals surface area (Å²) in [6.07, 6.45) is 3.23.